The van der Waals surface area contributed by atoms with Gasteiger partial charge in [0, 0.05) is 17.1 Å². The van der Waals surface area contributed by atoms with Crippen LogP contribution in [0.5, 0.6) is 11.5 Å². The average Bonchev–Trinajstić information content (AvgIpc) is 2.54. The number of ether oxygens (including phenoxy) is 2. The zero-order valence-corrected chi connectivity index (χ0v) is 13.5. The molecule has 122 valence electrons. The lowest BCUT2D eigenvalue weighted by molar-refractivity contribution is -0.135. The van der Waals surface area contributed by atoms with E-state index in [9.17, 15) is 4.79 Å². The molecule has 0 unspecified atom stereocenters. The van der Waals surface area contributed by atoms with Gasteiger partial charge in [-0.15, -0.1) is 0 Å². The summed E-state index contributed by atoms with van der Waals surface area (Å²) in [7, 11) is 1.56. The third-order valence-corrected chi connectivity index (χ3v) is 3.54. The van der Waals surface area contributed by atoms with Gasteiger partial charge in [-0.05, 0) is 23.8 Å². The number of carboxylic acid groups (broad SMARTS) is 1. The third kappa shape index (κ3) is 5.16. The maximum Gasteiger partial charge on any atom is 0.317 e. The van der Waals surface area contributed by atoms with Crippen LogP contribution in [-0.2, 0) is 17.9 Å². The summed E-state index contributed by atoms with van der Waals surface area (Å²) in [6.45, 7) is 0.688. The first-order valence-corrected chi connectivity index (χ1v) is 7.43. The van der Waals surface area contributed by atoms with Gasteiger partial charge in [-0.3, -0.25) is 4.79 Å². The average molecular weight is 336 g/mol. The summed E-state index contributed by atoms with van der Waals surface area (Å²) in [6, 6.07) is 13.0. The summed E-state index contributed by atoms with van der Waals surface area (Å²) in [5, 5.41) is 12.1. The smallest absolute Gasteiger partial charge is 0.317 e. The van der Waals surface area contributed by atoms with E-state index >= 15 is 0 Å². The van der Waals surface area contributed by atoms with Gasteiger partial charge < -0.3 is 19.9 Å². The molecule has 2 rings (SSSR count). The van der Waals surface area contributed by atoms with Crippen LogP contribution in [0.2, 0.25) is 5.02 Å². The minimum atomic E-state index is -0.892. The van der Waals surface area contributed by atoms with Gasteiger partial charge in [-0.2, -0.15) is 0 Å². The summed E-state index contributed by atoms with van der Waals surface area (Å²) in [5.41, 5.74) is 1.80. The van der Waals surface area contributed by atoms with Crippen LogP contribution in [0.15, 0.2) is 42.5 Å². The second-order valence-corrected chi connectivity index (χ2v) is 5.27. The van der Waals surface area contributed by atoms with Crippen LogP contribution in [0.25, 0.3) is 0 Å². The molecule has 5 nitrogen and oxygen atoms in total. The molecule has 2 aromatic rings. The fourth-order valence-corrected chi connectivity index (χ4v) is 2.22. The van der Waals surface area contributed by atoms with Crippen molar-refractivity contribution in [2.45, 2.75) is 13.2 Å². The van der Waals surface area contributed by atoms with Crippen molar-refractivity contribution in [3.63, 3.8) is 0 Å². The monoisotopic (exact) mass is 335 g/mol. The molecule has 0 atom stereocenters. The SMILES string of the molecule is COc1cc(CNCC(=O)O)ccc1OCc1ccccc1Cl. The molecule has 23 heavy (non-hydrogen) atoms. The molecule has 0 aliphatic heterocycles. The van der Waals surface area contributed by atoms with E-state index in [1.165, 1.54) is 0 Å². The normalized spacial score (nSPS) is 10.3. The van der Waals surface area contributed by atoms with Crippen LogP contribution in [0.3, 0.4) is 0 Å². The lowest BCUT2D eigenvalue weighted by Crippen LogP contribution is -2.21. The number of rotatable bonds is 8. The molecule has 2 aromatic carbocycles. The Morgan fingerprint density at radius 2 is 2.00 bits per heavy atom. The zero-order chi connectivity index (χ0) is 16.7. The predicted octanol–water partition coefficient (Wildman–Crippen LogP) is 3.10. The Kier molecular flexibility index (Phi) is 6.26. The van der Waals surface area contributed by atoms with Gasteiger partial charge >= 0.3 is 5.97 Å². The van der Waals surface area contributed by atoms with Gasteiger partial charge in [-0.1, -0.05) is 35.9 Å². The van der Waals surface area contributed by atoms with Crippen LogP contribution in [0.4, 0.5) is 0 Å². The minimum Gasteiger partial charge on any atom is -0.493 e. The van der Waals surface area contributed by atoms with E-state index < -0.39 is 5.97 Å². The van der Waals surface area contributed by atoms with Gasteiger partial charge in [0.1, 0.15) is 6.61 Å². The van der Waals surface area contributed by atoms with Crippen molar-refractivity contribution in [2.24, 2.45) is 0 Å². The van der Waals surface area contributed by atoms with E-state index in [4.69, 9.17) is 26.2 Å². The number of halogens is 1. The third-order valence-electron chi connectivity index (χ3n) is 3.17. The van der Waals surface area contributed by atoms with E-state index in [2.05, 4.69) is 5.32 Å². The highest BCUT2D eigenvalue weighted by Gasteiger charge is 2.08. The molecule has 0 spiro atoms. The molecular weight excluding hydrogens is 318 g/mol. The number of hydrogen-bond acceptors (Lipinski definition) is 4. The Morgan fingerprint density at radius 3 is 2.70 bits per heavy atom. The first kappa shape index (κ1) is 17.1. The molecular formula is C17H18ClNO4. The molecule has 0 saturated carbocycles. The zero-order valence-electron chi connectivity index (χ0n) is 12.7. The molecule has 0 fully saturated rings. The second-order valence-electron chi connectivity index (χ2n) is 4.86. The Labute approximate surface area is 139 Å². The second kappa shape index (κ2) is 8.41. The van der Waals surface area contributed by atoms with Crippen molar-refractivity contribution >= 4 is 17.6 Å². The van der Waals surface area contributed by atoms with Crippen molar-refractivity contribution in [1.82, 2.24) is 5.32 Å². The van der Waals surface area contributed by atoms with Crippen molar-refractivity contribution in [3.8, 4) is 11.5 Å². The molecule has 0 aromatic heterocycles. The van der Waals surface area contributed by atoms with E-state index in [1.807, 2.05) is 36.4 Å². The maximum atomic E-state index is 10.5. The lowest BCUT2D eigenvalue weighted by Gasteiger charge is -2.13. The van der Waals surface area contributed by atoms with Gasteiger partial charge in [0.25, 0.3) is 0 Å². The highest BCUT2D eigenvalue weighted by atomic mass is 35.5. The summed E-state index contributed by atoms with van der Waals surface area (Å²) in [6.07, 6.45) is 0. The maximum absolute atomic E-state index is 10.5. The number of aliphatic carboxylic acids is 1. The number of nitrogens with one attached hydrogen (secondary N) is 1. The first-order chi connectivity index (χ1) is 11.1. The Morgan fingerprint density at radius 1 is 1.22 bits per heavy atom. The number of hydrogen-bond donors (Lipinski definition) is 2. The summed E-state index contributed by atoms with van der Waals surface area (Å²) in [4.78, 5) is 10.5. The number of carbonyl (C=O) groups is 1. The fraction of sp³-hybridized carbons (Fsp3) is 0.235. The van der Waals surface area contributed by atoms with Crippen LogP contribution in [-0.4, -0.2) is 24.7 Å². The van der Waals surface area contributed by atoms with Crippen molar-refractivity contribution in [1.29, 1.82) is 0 Å². The molecule has 0 heterocycles. The first-order valence-electron chi connectivity index (χ1n) is 7.06. The highest BCUT2D eigenvalue weighted by molar-refractivity contribution is 6.31. The molecule has 0 radical (unpaired) electrons. The molecule has 0 bridgehead atoms. The summed E-state index contributed by atoms with van der Waals surface area (Å²) >= 11 is 6.10. The molecule has 2 N–H and O–H groups in total. The van der Waals surface area contributed by atoms with Crippen LogP contribution in [0, 0.1) is 0 Å². The standard InChI is InChI=1S/C17H18ClNO4/c1-22-16-8-12(9-19-10-17(20)21)6-7-15(16)23-11-13-4-2-3-5-14(13)18/h2-8,19H,9-11H2,1H3,(H,20,21). The van der Waals surface area contributed by atoms with Gasteiger partial charge in [0.05, 0.1) is 13.7 Å². The topological polar surface area (TPSA) is 67.8 Å². The Balaban J connectivity index is 2.01. The van der Waals surface area contributed by atoms with Crippen LogP contribution in [0.1, 0.15) is 11.1 Å². The van der Waals surface area contributed by atoms with Crippen molar-refractivity contribution in [3.05, 3.63) is 58.6 Å². The molecule has 0 aliphatic carbocycles. The van der Waals surface area contributed by atoms with Crippen LogP contribution < -0.4 is 14.8 Å². The fourth-order valence-electron chi connectivity index (χ4n) is 2.03. The minimum absolute atomic E-state index is 0.0902. The largest absolute Gasteiger partial charge is 0.493 e. The molecule has 0 amide bonds. The summed E-state index contributed by atoms with van der Waals surface area (Å²) < 4.78 is 11.1. The van der Waals surface area contributed by atoms with E-state index in [1.54, 1.807) is 13.2 Å². The van der Waals surface area contributed by atoms with Crippen molar-refractivity contribution < 1.29 is 19.4 Å². The quantitative estimate of drug-likeness (QED) is 0.776. The van der Waals surface area contributed by atoms with Gasteiger partial charge in [0.15, 0.2) is 11.5 Å². The Hall–Kier alpha value is -2.24. The Bertz CT molecular complexity index is 675. The lowest BCUT2D eigenvalue weighted by atomic mass is 10.2. The van der Waals surface area contributed by atoms with Gasteiger partial charge in [0.2, 0.25) is 0 Å². The highest BCUT2D eigenvalue weighted by Crippen LogP contribution is 2.29. The van der Waals surface area contributed by atoms with E-state index in [-0.39, 0.29) is 6.54 Å². The molecule has 0 aliphatic rings. The number of methoxy groups -OCH3 is 1. The molecule has 0 saturated heterocycles. The number of benzene rings is 2. The van der Waals surface area contributed by atoms with Crippen molar-refractivity contribution in [2.75, 3.05) is 13.7 Å². The number of carboxylic acids is 1. The van der Waals surface area contributed by atoms with E-state index in [0.29, 0.717) is 29.7 Å². The predicted molar refractivity (Wildman–Crippen MR) is 88.1 cm³/mol. The van der Waals surface area contributed by atoms with Gasteiger partial charge in [-0.25, -0.2) is 0 Å². The molecule has 6 heteroatoms. The summed E-state index contributed by atoms with van der Waals surface area (Å²) in [5.74, 6) is 0.303. The van der Waals surface area contributed by atoms with E-state index in [0.717, 1.165) is 11.1 Å². The van der Waals surface area contributed by atoms with Crippen LogP contribution >= 0.6 is 11.6 Å².